The first-order chi connectivity index (χ1) is 14.7. The van der Waals surface area contributed by atoms with Crippen molar-refractivity contribution in [3.63, 3.8) is 0 Å². The molecule has 0 aliphatic rings. The lowest BCUT2D eigenvalue weighted by atomic mass is 9.92. The van der Waals surface area contributed by atoms with Crippen LogP contribution < -0.4 is 21.5 Å². The minimum Gasteiger partial charge on any atom is -0.358 e. The van der Waals surface area contributed by atoms with E-state index in [4.69, 9.17) is 0 Å². The number of aliphatic imine (C=N–C) groups is 2. The standard InChI is InChI=1S/C22H26N8/c1-23-21(24-2)29-27-13-19-15-9-5-7-11-17(15)20(14-28-30-22(25-3)26-4)18-12-8-6-10-16(18)19/h5-14H,1-4H3,(H2,23,24,29)(H2,25,26,30)/b27-13+,28-14+. The highest BCUT2D eigenvalue weighted by Gasteiger charge is 2.11. The van der Waals surface area contributed by atoms with Crippen molar-refractivity contribution in [3.05, 3.63) is 59.7 Å². The average molecular weight is 403 g/mol. The molecule has 4 N–H and O–H groups in total. The third-order valence-electron chi connectivity index (χ3n) is 4.66. The van der Waals surface area contributed by atoms with Crippen molar-refractivity contribution >= 4 is 45.9 Å². The number of nitrogens with zero attached hydrogens (tertiary/aromatic N) is 4. The highest BCUT2D eigenvalue weighted by molar-refractivity contribution is 6.21. The van der Waals surface area contributed by atoms with Crippen LogP contribution in [-0.4, -0.2) is 52.5 Å². The fourth-order valence-corrected chi connectivity index (χ4v) is 3.23. The molecule has 3 rings (SSSR count). The maximum absolute atomic E-state index is 4.38. The zero-order valence-electron chi connectivity index (χ0n) is 17.6. The SMILES string of the molecule is CN=C(NC)N/N=C/c1c2ccccc2c(/C=N/NC(=NC)NC)c2ccccc12. The monoisotopic (exact) mass is 402 g/mol. The molecule has 0 aliphatic heterocycles. The number of hydrazone groups is 2. The van der Waals surface area contributed by atoms with Crippen LogP contribution in [0.2, 0.25) is 0 Å². The molecule has 8 nitrogen and oxygen atoms in total. The molecule has 0 unspecified atom stereocenters. The van der Waals surface area contributed by atoms with Crippen molar-refractivity contribution in [1.29, 1.82) is 0 Å². The lowest BCUT2D eigenvalue weighted by molar-refractivity contribution is 0.943. The lowest BCUT2D eigenvalue weighted by Gasteiger charge is -2.12. The summed E-state index contributed by atoms with van der Waals surface area (Å²) in [4.78, 5) is 8.16. The van der Waals surface area contributed by atoms with Crippen LogP contribution in [-0.2, 0) is 0 Å². The Morgan fingerprint density at radius 2 is 0.967 bits per heavy atom. The van der Waals surface area contributed by atoms with Crippen LogP contribution in [0.1, 0.15) is 11.1 Å². The molecule has 0 bridgehead atoms. The molecule has 3 aromatic rings. The van der Waals surface area contributed by atoms with Crippen molar-refractivity contribution in [3.8, 4) is 0 Å². The van der Waals surface area contributed by atoms with Crippen molar-refractivity contribution in [2.45, 2.75) is 0 Å². The lowest BCUT2D eigenvalue weighted by Crippen LogP contribution is -2.31. The zero-order chi connectivity index (χ0) is 21.3. The Hall–Kier alpha value is -3.94. The number of hydrogen-bond acceptors (Lipinski definition) is 4. The highest BCUT2D eigenvalue weighted by Crippen LogP contribution is 2.31. The van der Waals surface area contributed by atoms with Crippen molar-refractivity contribution < 1.29 is 0 Å². The van der Waals surface area contributed by atoms with Crippen LogP contribution in [0.25, 0.3) is 21.5 Å². The molecule has 0 atom stereocenters. The van der Waals surface area contributed by atoms with Crippen molar-refractivity contribution in [2.75, 3.05) is 28.2 Å². The first-order valence-electron chi connectivity index (χ1n) is 9.54. The molecule has 0 fully saturated rings. The number of nitrogens with one attached hydrogen (secondary N) is 4. The molecular formula is C22H26N8. The highest BCUT2D eigenvalue weighted by atomic mass is 15.4. The first kappa shape index (κ1) is 20.8. The van der Waals surface area contributed by atoms with Gasteiger partial charge in [-0.05, 0) is 21.5 Å². The van der Waals surface area contributed by atoms with E-state index >= 15 is 0 Å². The summed E-state index contributed by atoms with van der Waals surface area (Å²) in [7, 11) is 6.98. The Morgan fingerprint density at radius 1 is 0.633 bits per heavy atom. The molecule has 0 radical (unpaired) electrons. The molecule has 0 saturated heterocycles. The quantitative estimate of drug-likeness (QED) is 0.233. The van der Waals surface area contributed by atoms with E-state index in [-0.39, 0.29) is 0 Å². The van der Waals surface area contributed by atoms with E-state index in [9.17, 15) is 0 Å². The summed E-state index contributed by atoms with van der Waals surface area (Å²) in [6, 6.07) is 16.5. The molecule has 3 aromatic carbocycles. The minimum atomic E-state index is 0.590. The fraction of sp³-hybridized carbons (Fsp3) is 0.182. The second-order valence-electron chi connectivity index (χ2n) is 6.30. The smallest absolute Gasteiger partial charge is 0.211 e. The van der Waals surface area contributed by atoms with Crippen LogP contribution >= 0.6 is 0 Å². The van der Waals surface area contributed by atoms with E-state index in [1.54, 1.807) is 28.2 Å². The van der Waals surface area contributed by atoms with E-state index in [0.717, 1.165) is 32.7 Å². The molecule has 0 heterocycles. The van der Waals surface area contributed by atoms with E-state index < -0.39 is 0 Å². The van der Waals surface area contributed by atoms with Crippen LogP contribution in [0.5, 0.6) is 0 Å². The van der Waals surface area contributed by atoms with Gasteiger partial charge < -0.3 is 10.6 Å². The summed E-state index contributed by atoms with van der Waals surface area (Å²) in [5, 5.41) is 19.0. The molecule has 0 aromatic heterocycles. The zero-order valence-corrected chi connectivity index (χ0v) is 17.6. The third-order valence-corrected chi connectivity index (χ3v) is 4.66. The van der Waals surface area contributed by atoms with Gasteiger partial charge in [0, 0.05) is 39.3 Å². The summed E-state index contributed by atoms with van der Waals surface area (Å²) >= 11 is 0. The second-order valence-corrected chi connectivity index (χ2v) is 6.30. The maximum Gasteiger partial charge on any atom is 0.211 e. The molecular weight excluding hydrogens is 376 g/mol. The van der Waals surface area contributed by atoms with E-state index in [2.05, 4.69) is 65.9 Å². The molecule has 154 valence electrons. The Labute approximate surface area is 175 Å². The summed E-state index contributed by atoms with van der Waals surface area (Å²) in [5.41, 5.74) is 7.90. The van der Waals surface area contributed by atoms with Gasteiger partial charge in [-0.2, -0.15) is 10.2 Å². The number of hydrogen-bond donors (Lipinski definition) is 4. The van der Waals surface area contributed by atoms with Gasteiger partial charge in [0.15, 0.2) is 0 Å². The van der Waals surface area contributed by atoms with Gasteiger partial charge in [0.2, 0.25) is 11.9 Å². The van der Waals surface area contributed by atoms with Gasteiger partial charge in [0.1, 0.15) is 0 Å². The number of guanidine groups is 2. The summed E-state index contributed by atoms with van der Waals surface area (Å²) in [6.45, 7) is 0. The predicted molar refractivity (Wildman–Crippen MR) is 128 cm³/mol. The molecule has 0 amide bonds. The summed E-state index contributed by atoms with van der Waals surface area (Å²) < 4.78 is 0. The van der Waals surface area contributed by atoms with E-state index in [1.807, 2.05) is 36.7 Å². The molecule has 0 aliphatic carbocycles. The number of benzene rings is 3. The Balaban J connectivity index is 2.15. The van der Waals surface area contributed by atoms with Crippen LogP contribution in [0.15, 0.2) is 68.7 Å². The van der Waals surface area contributed by atoms with Gasteiger partial charge in [-0.25, -0.2) is 10.9 Å². The van der Waals surface area contributed by atoms with Gasteiger partial charge in [-0.15, -0.1) is 0 Å². The second kappa shape index (κ2) is 10.0. The molecule has 8 heteroatoms. The number of rotatable bonds is 4. The Bertz CT molecular complexity index is 998. The van der Waals surface area contributed by atoms with Gasteiger partial charge in [0.25, 0.3) is 0 Å². The fourth-order valence-electron chi connectivity index (χ4n) is 3.23. The predicted octanol–water partition coefficient (Wildman–Crippen LogP) is 2.25. The first-order valence-corrected chi connectivity index (χ1v) is 9.54. The largest absolute Gasteiger partial charge is 0.358 e. The van der Waals surface area contributed by atoms with Gasteiger partial charge in [-0.1, -0.05) is 48.5 Å². The Kier molecular flexibility index (Phi) is 6.94. The van der Waals surface area contributed by atoms with Crippen molar-refractivity contribution in [1.82, 2.24) is 21.5 Å². The van der Waals surface area contributed by atoms with Gasteiger partial charge >= 0.3 is 0 Å². The van der Waals surface area contributed by atoms with E-state index in [1.165, 1.54) is 0 Å². The van der Waals surface area contributed by atoms with Crippen molar-refractivity contribution in [2.24, 2.45) is 20.2 Å². The minimum absolute atomic E-state index is 0.590. The average Bonchev–Trinajstić information content (AvgIpc) is 2.80. The molecule has 0 spiro atoms. The van der Waals surface area contributed by atoms with Crippen LogP contribution in [0, 0.1) is 0 Å². The molecule has 30 heavy (non-hydrogen) atoms. The summed E-state index contributed by atoms with van der Waals surface area (Å²) in [6.07, 6.45) is 3.66. The topological polar surface area (TPSA) is 97.6 Å². The van der Waals surface area contributed by atoms with E-state index in [0.29, 0.717) is 11.9 Å². The Morgan fingerprint density at radius 3 is 1.23 bits per heavy atom. The van der Waals surface area contributed by atoms with Gasteiger partial charge in [0.05, 0.1) is 12.4 Å². The van der Waals surface area contributed by atoms with Gasteiger partial charge in [-0.3, -0.25) is 9.98 Å². The maximum atomic E-state index is 4.38. The number of fused-ring (bicyclic) bond motifs is 2. The summed E-state index contributed by atoms with van der Waals surface area (Å²) in [5.74, 6) is 1.18. The third kappa shape index (κ3) is 4.38. The normalized spacial score (nSPS) is 12.8. The molecule has 0 saturated carbocycles. The van der Waals surface area contributed by atoms with Crippen LogP contribution in [0.4, 0.5) is 0 Å². The van der Waals surface area contributed by atoms with Crippen LogP contribution in [0.3, 0.4) is 0 Å².